The van der Waals surface area contributed by atoms with Gasteiger partial charge in [-0.3, -0.25) is 0 Å². The summed E-state index contributed by atoms with van der Waals surface area (Å²) in [5, 5.41) is 11.5. The van der Waals surface area contributed by atoms with Crippen LogP contribution < -0.4 is 5.32 Å². The molecule has 3 aromatic rings. The quantitative estimate of drug-likeness (QED) is 0.785. The van der Waals surface area contributed by atoms with Crippen LogP contribution in [0.15, 0.2) is 52.9 Å². The second kappa shape index (κ2) is 5.79. The van der Waals surface area contributed by atoms with E-state index in [1.807, 2.05) is 30.3 Å². The first-order valence-electron chi connectivity index (χ1n) is 6.91. The number of hydrogen-bond donors (Lipinski definition) is 1. The molecule has 0 atom stereocenters. The molecule has 0 saturated carbocycles. The zero-order valence-electron chi connectivity index (χ0n) is 12.1. The fraction of sp³-hybridized carbons (Fsp3) is 0.176. The van der Waals surface area contributed by atoms with Crippen LogP contribution >= 0.6 is 0 Å². The largest absolute Gasteiger partial charge is 0.419 e. The highest BCUT2D eigenvalue weighted by Crippen LogP contribution is 2.19. The van der Waals surface area contributed by atoms with Crippen molar-refractivity contribution in [3.63, 3.8) is 0 Å². The van der Waals surface area contributed by atoms with Crippen molar-refractivity contribution in [1.82, 2.24) is 10.2 Å². The smallest absolute Gasteiger partial charge is 0.247 e. The molecule has 1 N–H and O–H groups in total. The molecule has 2 aromatic carbocycles. The predicted octanol–water partition coefficient (Wildman–Crippen LogP) is 3.97. The van der Waals surface area contributed by atoms with Crippen LogP contribution in [0, 0.1) is 13.8 Å². The predicted molar refractivity (Wildman–Crippen MR) is 83.0 cm³/mol. The monoisotopic (exact) mass is 279 g/mol. The van der Waals surface area contributed by atoms with Crippen molar-refractivity contribution in [2.24, 2.45) is 0 Å². The first-order chi connectivity index (χ1) is 10.2. The van der Waals surface area contributed by atoms with E-state index in [0.29, 0.717) is 18.3 Å². The van der Waals surface area contributed by atoms with Gasteiger partial charge in [-0.1, -0.05) is 35.9 Å². The van der Waals surface area contributed by atoms with Crippen LogP contribution in [-0.4, -0.2) is 10.2 Å². The Morgan fingerprint density at radius 1 is 1.00 bits per heavy atom. The molecule has 1 heterocycles. The third kappa shape index (κ3) is 3.11. The number of hydrogen-bond acceptors (Lipinski definition) is 4. The Morgan fingerprint density at radius 3 is 2.57 bits per heavy atom. The van der Waals surface area contributed by atoms with Gasteiger partial charge in [-0.2, -0.15) is 0 Å². The van der Waals surface area contributed by atoms with E-state index in [2.05, 4.69) is 47.6 Å². The van der Waals surface area contributed by atoms with Gasteiger partial charge in [0.05, 0.1) is 6.54 Å². The molecule has 0 aliphatic heterocycles. The molecular weight excluding hydrogens is 262 g/mol. The summed E-state index contributed by atoms with van der Waals surface area (Å²) in [6, 6.07) is 16.1. The van der Waals surface area contributed by atoms with Gasteiger partial charge in [-0.25, -0.2) is 0 Å². The van der Waals surface area contributed by atoms with Crippen molar-refractivity contribution in [3.8, 4) is 11.5 Å². The topological polar surface area (TPSA) is 51.0 Å². The number of nitrogens with zero attached hydrogens (tertiary/aromatic N) is 2. The standard InChI is InChI=1S/C17H17N3O/c1-12-8-9-15(13(2)10-12)18-11-16-19-20-17(21-16)14-6-4-3-5-7-14/h3-10,18H,11H2,1-2H3. The summed E-state index contributed by atoms with van der Waals surface area (Å²) in [4.78, 5) is 0. The maximum Gasteiger partial charge on any atom is 0.247 e. The second-order valence-electron chi connectivity index (χ2n) is 5.04. The molecule has 0 fully saturated rings. The summed E-state index contributed by atoms with van der Waals surface area (Å²) >= 11 is 0. The van der Waals surface area contributed by atoms with E-state index in [0.717, 1.165) is 11.3 Å². The second-order valence-corrected chi connectivity index (χ2v) is 5.04. The van der Waals surface area contributed by atoms with Crippen molar-refractivity contribution < 1.29 is 4.42 Å². The average molecular weight is 279 g/mol. The van der Waals surface area contributed by atoms with Gasteiger partial charge in [-0.15, -0.1) is 10.2 Å². The van der Waals surface area contributed by atoms with Gasteiger partial charge in [0.15, 0.2) is 0 Å². The third-order valence-electron chi connectivity index (χ3n) is 3.30. The summed E-state index contributed by atoms with van der Waals surface area (Å²) in [7, 11) is 0. The zero-order valence-corrected chi connectivity index (χ0v) is 12.1. The number of aryl methyl sites for hydroxylation is 2. The summed E-state index contributed by atoms with van der Waals surface area (Å²) in [6.45, 7) is 4.68. The van der Waals surface area contributed by atoms with Gasteiger partial charge in [0.25, 0.3) is 0 Å². The highest BCUT2D eigenvalue weighted by atomic mass is 16.4. The van der Waals surface area contributed by atoms with Gasteiger partial charge < -0.3 is 9.73 Å². The van der Waals surface area contributed by atoms with Gasteiger partial charge in [-0.05, 0) is 37.6 Å². The van der Waals surface area contributed by atoms with E-state index in [9.17, 15) is 0 Å². The molecule has 0 aliphatic carbocycles. The third-order valence-corrected chi connectivity index (χ3v) is 3.30. The van der Waals surface area contributed by atoms with E-state index in [-0.39, 0.29) is 0 Å². The highest BCUT2D eigenvalue weighted by Gasteiger charge is 2.08. The normalized spacial score (nSPS) is 10.6. The van der Waals surface area contributed by atoms with E-state index >= 15 is 0 Å². The minimum Gasteiger partial charge on any atom is -0.419 e. The van der Waals surface area contributed by atoms with Crippen molar-refractivity contribution in [3.05, 3.63) is 65.5 Å². The molecule has 1 aromatic heterocycles. The number of aromatic nitrogens is 2. The average Bonchev–Trinajstić information content (AvgIpc) is 2.96. The molecule has 0 spiro atoms. The maximum atomic E-state index is 5.67. The van der Waals surface area contributed by atoms with Gasteiger partial charge >= 0.3 is 0 Å². The lowest BCUT2D eigenvalue weighted by Gasteiger charge is -2.07. The maximum absolute atomic E-state index is 5.67. The minimum atomic E-state index is 0.518. The van der Waals surface area contributed by atoms with E-state index in [1.165, 1.54) is 11.1 Å². The van der Waals surface area contributed by atoms with Gasteiger partial charge in [0.1, 0.15) is 0 Å². The number of rotatable bonds is 4. The molecule has 0 unspecified atom stereocenters. The van der Waals surface area contributed by atoms with Crippen molar-refractivity contribution in [2.45, 2.75) is 20.4 Å². The van der Waals surface area contributed by atoms with Crippen molar-refractivity contribution >= 4 is 5.69 Å². The molecule has 4 nitrogen and oxygen atoms in total. The van der Waals surface area contributed by atoms with Crippen LogP contribution in [0.3, 0.4) is 0 Å². The lowest BCUT2D eigenvalue weighted by atomic mass is 10.1. The molecule has 0 amide bonds. The molecule has 4 heteroatoms. The van der Waals surface area contributed by atoms with Crippen molar-refractivity contribution in [1.29, 1.82) is 0 Å². The van der Waals surface area contributed by atoms with Crippen LogP contribution in [-0.2, 0) is 6.54 Å². The Bertz CT molecular complexity index is 735. The number of nitrogens with one attached hydrogen (secondary N) is 1. The minimum absolute atomic E-state index is 0.518. The molecular formula is C17H17N3O. The van der Waals surface area contributed by atoms with Crippen LogP contribution in [0.5, 0.6) is 0 Å². The molecule has 0 aliphatic rings. The fourth-order valence-corrected chi connectivity index (χ4v) is 2.21. The van der Waals surface area contributed by atoms with E-state index < -0.39 is 0 Å². The molecule has 0 bridgehead atoms. The van der Waals surface area contributed by atoms with Gasteiger partial charge in [0.2, 0.25) is 11.8 Å². The van der Waals surface area contributed by atoms with Crippen molar-refractivity contribution in [2.75, 3.05) is 5.32 Å². The Balaban J connectivity index is 1.70. The summed E-state index contributed by atoms with van der Waals surface area (Å²) in [6.07, 6.45) is 0. The highest BCUT2D eigenvalue weighted by molar-refractivity contribution is 5.53. The Hall–Kier alpha value is -2.62. The lowest BCUT2D eigenvalue weighted by Crippen LogP contribution is -2.01. The summed E-state index contributed by atoms with van der Waals surface area (Å²) in [5.74, 6) is 1.13. The zero-order chi connectivity index (χ0) is 14.7. The van der Waals surface area contributed by atoms with Crippen LogP contribution in [0.2, 0.25) is 0 Å². The molecule has 0 radical (unpaired) electrons. The lowest BCUT2D eigenvalue weighted by molar-refractivity contribution is 0.515. The summed E-state index contributed by atoms with van der Waals surface area (Å²) in [5.41, 5.74) is 4.47. The van der Waals surface area contributed by atoms with E-state index in [4.69, 9.17) is 4.42 Å². The Labute approximate surface area is 123 Å². The summed E-state index contributed by atoms with van der Waals surface area (Å²) < 4.78 is 5.67. The van der Waals surface area contributed by atoms with Crippen LogP contribution in [0.1, 0.15) is 17.0 Å². The molecule has 106 valence electrons. The van der Waals surface area contributed by atoms with Crippen LogP contribution in [0.25, 0.3) is 11.5 Å². The number of anilines is 1. The SMILES string of the molecule is Cc1ccc(NCc2nnc(-c3ccccc3)o2)c(C)c1. The molecule has 0 saturated heterocycles. The van der Waals surface area contributed by atoms with E-state index in [1.54, 1.807) is 0 Å². The Kier molecular flexibility index (Phi) is 3.69. The molecule has 3 rings (SSSR count). The Morgan fingerprint density at radius 2 is 1.81 bits per heavy atom. The molecule has 21 heavy (non-hydrogen) atoms. The van der Waals surface area contributed by atoms with Gasteiger partial charge in [0, 0.05) is 11.3 Å². The number of benzene rings is 2. The first-order valence-corrected chi connectivity index (χ1v) is 6.91. The fourth-order valence-electron chi connectivity index (χ4n) is 2.21. The first kappa shape index (κ1) is 13.4. The van der Waals surface area contributed by atoms with Crippen LogP contribution in [0.4, 0.5) is 5.69 Å².